The molecule has 0 saturated heterocycles. The maximum atomic E-state index is 5.93. The smallest absolute Gasteiger partial charge is 0.149 e. The van der Waals surface area contributed by atoms with Crippen LogP contribution in [-0.2, 0) is 0 Å². The Morgan fingerprint density at radius 2 is 2.20 bits per heavy atom. The normalized spacial score (nSPS) is 16.9. The fourth-order valence-corrected chi connectivity index (χ4v) is 2.29. The molecule has 2 aromatic heterocycles. The molecular formula is C12H15N3. The SMILES string of the molecule is Cc1cccc2c(N)nc(C3CCC3)n12. The summed E-state index contributed by atoms with van der Waals surface area (Å²) in [6, 6.07) is 6.18. The van der Waals surface area contributed by atoms with E-state index in [2.05, 4.69) is 22.4 Å². The van der Waals surface area contributed by atoms with Crippen molar-refractivity contribution in [3.05, 3.63) is 29.7 Å². The lowest BCUT2D eigenvalue weighted by atomic mass is 9.85. The molecule has 0 radical (unpaired) electrons. The summed E-state index contributed by atoms with van der Waals surface area (Å²) < 4.78 is 2.21. The molecule has 0 amide bonds. The van der Waals surface area contributed by atoms with E-state index in [9.17, 15) is 0 Å². The number of aryl methyl sites for hydroxylation is 1. The van der Waals surface area contributed by atoms with Crippen molar-refractivity contribution < 1.29 is 0 Å². The highest BCUT2D eigenvalue weighted by Crippen LogP contribution is 2.37. The predicted molar refractivity (Wildman–Crippen MR) is 60.9 cm³/mol. The molecule has 3 rings (SSSR count). The molecule has 0 aliphatic heterocycles. The van der Waals surface area contributed by atoms with Crippen molar-refractivity contribution >= 4 is 11.3 Å². The van der Waals surface area contributed by atoms with Crippen LogP contribution >= 0.6 is 0 Å². The van der Waals surface area contributed by atoms with E-state index in [0.717, 1.165) is 11.3 Å². The zero-order chi connectivity index (χ0) is 10.4. The zero-order valence-corrected chi connectivity index (χ0v) is 8.90. The molecule has 2 heterocycles. The third-order valence-electron chi connectivity index (χ3n) is 3.38. The van der Waals surface area contributed by atoms with Crippen LogP contribution in [0.2, 0.25) is 0 Å². The second-order valence-corrected chi connectivity index (χ2v) is 4.37. The number of aromatic nitrogens is 2. The average Bonchev–Trinajstić information content (AvgIpc) is 2.43. The monoisotopic (exact) mass is 201 g/mol. The number of nitrogens with zero attached hydrogens (tertiary/aromatic N) is 2. The molecule has 1 fully saturated rings. The minimum atomic E-state index is 0.621. The van der Waals surface area contributed by atoms with Crippen LogP contribution in [0.15, 0.2) is 18.2 Å². The van der Waals surface area contributed by atoms with Gasteiger partial charge in [0.15, 0.2) is 0 Å². The van der Waals surface area contributed by atoms with Crippen LogP contribution in [0.4, 0.5) is 5.82 Å². The standard InChI is InChI=1S/C12H15N3/c1-8-4-2-7-10-11(13)14-12(15(8)10)9-5-3-6-9/h2,4,7,9H,3,5-6,13H2,1H3. The predicted octanol–water partition coefficient (Wildman–Crippen LogP) is 2.49. The van der Waals surface area contributed by atoms with E-state index < -0.39 is 0 Å². The van der Waals surface area contributed by atoms with Crippen LogP contribution in [0, 0.1) is 6.92 Å². The Morgan fingerprint density at radius 3 is 2.87 bits per heavy atom. The Morgan fingerprint density at radius 1 is 1.40 bits per heavy atom. The van der Waals surface area contributed by atoms with Gasteiger partial charge in [-0.05, 0) is 31.9 Å². The van der Waals surface area contributed by atoms with E-state index >= 15 is 0 Å². The third kappa shape index (κ3) is 1.16. The van der Waals surface area contributed by atoms with E-state index in [1.807, 2.05) is 12.1 Å². The van der Waals surface area contributed by atoms with Crippen LogP contribution in [0.25, 0.3) is 5.52 Å². The lowest BCUT2D eigenvalue weighted by Gasteiger charge is -2.24. The molecule has 1 aliphatic carbocycles. The van der Waals surface area contributed by atoms with Crippen molar-refractivity contribution in [2.24, 2.45) is 0 Å². The molecule has 1 saturated carbocycles. The van der Waals surface area contributed by atoms with Gasteiger partial charge in [0, 0.05) is 11.6 Å². The fraction of sp³-hybridized carbons (Fsp3) is 0.417. The van der Waals surface area contributed by atoms with Gasteiger partial charge in [0.1, 0.15) is 11.6 Å². The van der Waals surface area contributed by atoms with Gasteiger partial charge in [0.2, 0.25) is 0 Å². The summed E-state index contributed by atoms with van der Waals surface area (Å²) in [7, 11) is 0. The van der Waals surface area contributed by atoms with Gasteiger partial charge in [-0.15, -0.1) is 0 Å². The summed E-state index contributed by atoms with van der Waals surface area (Å²) in [5.74, 6) is 2.45. The Hall–Kier alpha value is -1.51. The van der Waals surface area contributed by atoms with Crippen molar-refractivity contribution in [2.75, 3.05) is 5.73 Å². The fourth-order valence-electron chi connectivity index (χ4n) is 2.29. The molecule has 0 bridgehead atoms. The number of imidazole rings is 1. The lowest BCUT2D eigenvalue weighted by molar-refractivity contribution is 0.400. The van der Waals surface area contributed by atoms with Crippen LogP contribution in [0.1, 0.15) is 36.7 Å². The van der Waals surface area contributed by atoms with Crippen molar-refractivity contribution in [1.82, 2.24) is 9.38 Å². The van der Waals surface area contributed by atoms with Gasteiger partial charge in [-0.3, -0.25) is 4.40 Å². The van der Waals surface area contributed by atoms with Crippen molar-refractivity contribution in [1.29, 1.82) is 0 Å². The Labute approximate surface area is 88.9 Å². The van der Waals surface area contributed by atoms with E-state index in [1.165, 1.54) is 25.0 Å². The zero-order valence-electron chi connectivity index (χ0n) is 8.90. The molecule has 0 atom stereocenters. The summed E-state index contributed by atoms with van der Waals surface area (Å²) in [5, 5.41) is 0. The Bertz CT molecular complexity index is 509. The quantitative estimate of drug-likeness (QED) is 0.770. The molecule has 3 heteroatoms. The molecule has 0 aromatic carbocycles. The largest absolute Gasteiger partial charge is 0.382 e. The van der Waals surface area contributed by atoms with Crippen LogP contribution in [0.3, 0.4) is 0 Å². The van der Waals surface area contributed by atoms with Crippen molar-refractivity contribution in [2.45, 2.75) is 32.1 Å². The van der Waals surface area contributed by atoms with Crippen LogP contribution in [-0.4, -0.2) is 9.38 Å². The summed E-state index contributed by atoms with van der Waals surface area (Å²) >= 11 is 0. The number of hydrogen-bond acceptors (Lipinski definition) is 2. The highest BCUT2D eigenvalue weighted by Gasteiger charge is 2.25. The first-order valence-electron chi connectivity index (χ1n) is 5.51. The number of rotatable bonds is 1. The first-order chi connectivity index (χ1) is 7.27. The number of hydrogen-bond donors (Lipinski definition) is 1. The topological polar surface area (TPSA) is 43.3 Å². The average molecular weight is 201 g/mol. The highest BCUT2D eigenvalue weighted by molar-refractivity contribution is 5.67. The minimum absolute atomic E-state index is 0.621. The number of nitrogen functional groups attached to an aromatic ring is 1. The molecule has 2 aromatic rings. The molecule has 15 heavy (non-hydrogen) atoms. The highest BCUT2D eigenvalue weighted by atomic mass is 15.1. The van der Waals surface area contributed by atoms with Gasteiger partial charge in [-0.1, -0.05) is 12.5 Å². The molecule has 3 nitrogen and oxygen atoms in total. The molecule has 0 unspecified atom stereocenters. The number of fused-ring (bicyclic) bond motifs is 1. The van der Waals surface area contributed by atoms with Gasteiger partial charge in [0.05, 0.1) is 5.52 Å². The van der Waals surface area contributed by atoms with Crippen LogP contribution < -0.4 is 5.73 Å². The molecule has 78 valence electrons. The van der Waals surface area contributed by atoms with Gasteiger partial charge >= 0.3 is 0 Å². The first-order valence-corrected chi connectivity index (χ1v) is 5.51. The Balaban J connectivity index is 2.29. The van der Waals surface area contributed by atoms with Gasteiger partial charge < -0.3 is 5.73 Å². The minimum Gasteiger partial charge on any atom is -0.382 e. The third-order valence-corrected chi connectivity index (χ3v) is 3.38. The summed E-state index contributed by atoms with van der Waals surface area (Å²) in [5.41, 5.74) is 8.20. The van der Waals surface area contributed by atoms with Crippen LogP contribution in [0.5, 0.6) is 0 Å². The summed E-state index contributed by atoms with van der Waals surface area (Å²) in [6.07, 6.45) is 3.84. The molecule has 2 N–H and O–H groups in total. The number of pyridine rings is 1. The van der Waals surface area contributed by atoms with Gasteiger partial charge in [-0.25, -0.2) is 4.98 Å². The maximum absolute atomic E-state index is 5.93. The van der Waals surface area contributed by atoms with Crippen molar-refractivity contribution in [3.8, 4) is 0 Å². The first kappa shape index (κ1) is 8.77. The molecule has 1 aliphatic rings. The summed E-state index contributed by atoms with van der Waals surface area (Å²) in [6.45, 7) is 2.11. The van der Waals surface area contributed by atoms with E-state index in [4.69, 9.17) is 5.73 Å². The second-order valence-electron chi connectivity index (χ2n) is 4.37. The Kier molecular flexibility index (Phi) is 1.75. The second kappa shape index (κ2) is 2.99. The summed E-state index contributed by atoms with van der Waals surface area (Å²) in [4.78, 5) is 4.51. The molecule has 0 spiro atoms. The molecular weight excluding hydrogens is 186 g/mol. The van der Waals surface area contributed by atoms with E-state index in [-0.39, 0.29) is 0 Å². The van der Waals surface area contributed by atoms with E-state index in [0.29, 0.717) is 11.7 Å². The van der Waals surface area contributed by atoms with E-state index in [1.54, 1.807) is 0 Å². The number of anilines is 1. The lowest BCUT2D eigenvalue weighted by Crippen LogP contribution is -2.13. The van der Waals surface area contributed by atoms with Gasteiger partial charge in [-0.2, -0.15) is 0 Å². The van der Waals surface area contributed by atoms with Gasteiger partial charge in [0.25, 0.3) is 0 Å². The van der Waals surface area contributed by atoms with Crippen molar-refractivity contribution in [3.63, 3.8) is 0 Å². The maximum Gasteiger partial charge on any atom is 0.149 e. The number of nitrogens with two attached hydrogens (primary N) is 1.